The Morgan fingerprint density at radius 1 is 0.900 bits per heavy atom. The Hall–Kier alpha value is 4.02. The van der Waals surface area contributed by atoms with Crippen LogP contribution in [-0.2, 0) is 10.4 Å². The van der Waals surface area contributed by atoms with Gasteiger partial charge in [0.05, 0.1) is 0 Å². The van der Waals surface area contributed by atoms with Gasteiger partial charge >= 0.3 is 108 Å². The number of halogens is 2. The Labute approximate surface area is 157 Å². The van der Waals surface area contributed by atoms with Gasteiger partial charge < -0.3 is 33.9 Å². The molecule has 10 heavy (non-hydrogen) atoms. The van der Waals surface area contributed by atoms with E-state index in [1.807, 2.05) is 0 Å². The molecule has 10 heteroatoms. The SMILES string of the molecule is O=S(=O)([O-])[O-].[Ba+2].[Cl-].[Cl-].[Na+].[Na+]. The van der Waals surface area contributed by atoms with Gasteiger partial charge in [0.25, 0.3) is 0 Å². The van der Waals surface area contributed by atoms with Crippen LogP contribution in [0.5, 0.6) is 0 Å². The fourth-order valence-electron chi connectivity index (χ4n) is 0. The van der Waals surface area contributed by atoms with Crippen LogP contribution < -0.4 is 83.9 Å². The van der Waals surface area contributed by atoms with Gasteiger partial charge in [-0.2, -0.15) is 0 Å². The monoisotopic (exact) mass is 350 g/mol. The van der Waals surface area contributed by atoms with Crippen molar-refractivity contribution in [2.75, 3.05) is 0 Å². The molecule has 0 heterocycles. The first-order valence-corrected chi connectivity index (χ1v) is 2.00. The van der Waals surface area contributed by atoms with Crippen molar-refractivity contribution in [1.82, 2.24) is 0 Å². The standard InChI is InChI=1S/Ba.2ClH.2Na.H2O4S/c;;;;;1-5(2,3)4/h;2*1H;;;(H2,1,2,3,4)/q+2;;;2*+1;/p-4. The first-order valence-electron chi connectivity index (χ1n) is 0.667. The predicted octanol–water partition coefficient (Wildman–Crippen LogP) is -13.7. The third kappa shape index (κ3) is 90.3. The molecule has 0 aromatic heterocycles. The van der Waals surface area contributed by atoms with Crippen LogP contribution in [0.3, 0.4) is 0 Å². The summed E-state index contributed by atoms with van der Waals surface area (Å²) >= 11 is 0. The molecule has 4 nitrogen and oxygen atoms in total. The molecule has 0 saturated heterocycles. The van der Waals surface area contributed by atoms with Gasteiger partial charge in [-0.3, -0.25) is 8.42 Å². The number of hydrogen-bond acceptors (Lipinski definition) is 4. The van der Waals surface area contributed by atoms with E-state index in [2.05, 4.69) is 0 Å². The molecule has 0 radical (unpaired) electrons. The Kier molecular flexibility index (Phi) is 69.2. The Balaban J connectivity index is -0.00000000800. The van der Waals surface area contributed by atoms with E-state index in [4.69, 9.17) is 17.5 Å². The van der Waals surface area contributed by atoms with Gasteiger partial charge in [-0.15, -0.1) is 0 Å². The molecule has 0 aromatic rings. The fourth-order valence-corrected chi connectivity index (χ4v) is 0. The van der Waals surface area contributed by atoms with Crippen molar-refractivity contribution in [1.29, 1.82) is 0 Å². The third-order valence-corrected chi connectivity index (χ3v) is 0. The molecule has 0 rings (SSSR count). The van der Waals surface area contributed by atoms with Crippen molar-refractivity contribution in [2.45, 2.75) is 0 Å². The van der Waals surface area contributed by atoms with E-state index in [-0.39, 0.29) is 133 Å². The summed E-state index contributed by atoms with van der Waals surface area (Å²) < 4.78 is 34.1. The van der Waals surface area contributed by atoms with Crippen LogP contribution in [0.4, 0.5) is 0 Å². The second kappa shape index (κ2) is 18.7. The Morgan fingerprint density at radius 2 is 0.900 bits per heavy atom. The van der Waals surface area contributed by atoms with Crippen LogP contribution in [0.2, 0.25) is 0 Å². The van der Waals surface area contributed by atoms with Crippen LogP contribution in [0, 0.1) is 0 Å². The Bertz CT molecular complexity index is 104. The van der Waals surface area contributed by atoms with Gasteiger partial charge in [0.2, 0.25) is 0 Å². The van der Waals surface area contributed by atoms with Crippen LogP contribution in [-0.4, -0.2) is 66.4 Å². The zero-order chi connectivity index (χ0) is 4.50. The van der Waals surface area contributed by atoms with Crippen LogP contribution in [0.1, 0.15) is 0 Å². The summed E-state index contributed by atoms with van der Waals surface area (Å²) in [4.78, 5) is 0. The number of rotatable bonds is 0. The minimum absolute atomic E-state index is 0. The smallest absolute Gasteiger partial charge is 1.00 e. The molecule has 0 unspecified atom stereocenters. The molecule has 0 bridgehead atoms. The third-order valence-electron chi connectivity index (χ3n) is 0. The summed E-state index contributed by atoms with van der Waals surface area (Å²) in [6, 6.07) is 0. The minimum atomic E-state index is -5.17. The van der Waals surface area contributed by atoms with Gasteiger partial charge in [0.15, 0.2) is 0 Å². The quantitative estimate of drug-likeness (QED) is 0.247. The minimum Gasteiger partial charge on any atom is -1.00 e. The van der Waals surface area contributed by atoms with Crippen LogP contribution >= 0.6 is 0 Å². The van der Waals surface area contributed by atoms with Crippen molar-refractivity contribution in [2.24, 2.45) is 0 Å². The predicted molar refractivity (Wildman–Crippen MR) is 16.2 cm³/mol. The molecule has 48 valence electrons. The maximum atomic E-state index is 8.52. The molecule has 0 N–H and O–H groups in total. The second-order valence-electron chi connectivity index (χ2n) is 0.408. The molecule has 0 fully saturated rings. The van der Waals surface area contributed by atoms with E-state index in [0.717, 1.165) is 0 Å². The zero-order valence-electron chi connectivity index (χ0n) is 5.50. The molecular weight excluding hydrogens is 350 g/mol. The van der Waals surface area contributed by atoms with E-state index >= 15 is 0 Å². The summed E-state index contributed by atoms with van der Waals surface area (Å²) in [6.07, 6.45) is 0. The van der Waals surface area contributed by atoms with E-state index in [1.165, 1.54) is 0 Å². The topological polar surface area (TPSA) is 80.3 Å². The van der Waals surface area contributed by atoms with Gasteiger partial charge in [-0.1, -0.05) is 0 Å². The summed E-state index contributed by atoms with van der Waals surface area (Å²) in [5, 5.41) is 0. The Morgan fingerprint density at radius 3 is 0.900 bits per heavy atom. The maximum absolute atomic E-state index is 8.52. The maximum Gasteiger partial charge on any atom is 2.00 e. The molecule has 0 atom stereocenters. The van der Waals surface area contributed by atoms with Gasteiger partial charge in [0.1, 0.15) is 0 Å². The van der Waals surface area contributed by atoms with Gasteiger partial charge in [-0.05, 0) is 0 Å². The van der Waals surface area contributed by atoms with Gasteiger partial charge in [-0.25, -0.2) is 0 Å². The first-order chi connectivity index (χ1) is 2.00. The molecule has 0 aromatic carbocycles. The first kappa shape index (κ1) is 36.9. The molecule has 0 aliphatic heterocycles. The largest absolute Gasteiger partial charge is 2.00 e. The molecule has 0 aliphatic carbocycles. The fraction of sp³-hybridized carbons (Fsp3) is 0. The average molecular weight is 350 g/mol. The molecule has 0 aliphatic rings. The molecular formula is BaCl2Na2O4S. The van der Waals surface area contributed by atoms with E-state index in [9.17, 15) is 0 Å². The normalized spacial score (nSPS) is 5.80. The van der Waals surface area contributed by atoms with E-state index < -0.39 is 10.4 Å². The van der Waals surface area contributed by atoms with Crippen molar-refractivity contribution in [3.05, 3.63) is 0 Å². The van der Waals surface area contributed by atoms with Crippen molar-refractivity contribution < 1.29 is 101 Å². The van der Waals surface area contributed by atoms with Crippen molar-refractivity contribution in [3.63, 3.8) is 0 Å². The molecule has 0 saturated carbocycles. The average Bonchev–Trinajstić information content (AvgIpc) is 0.722. The van der Waals surface area contributed by atoms with Crippen molar-refractivity contribution in [3.8, 4) is 0 Å². The van der Waals surface area contributed by atoms with Crippen LogP contribution in [0.15, 0.2) is 0 Å². The van der Waals surface area contributed by atoms with E-state index in [1.54, 1.807) is 0 Å². The van der Waals surface area contributed by atoms with Crippen LogP contribution in [0.25, 0.3) is 0 Å². The molecule has 0 spiro atoms. The zero-order valence-corrected chi connectivity index (χ0v) is 16.3. The van der Waals surface area contributed by atoms with Crippen molar-refractivity contribution >= 4 is 59.3 Å². The summed E-state index contributed by atoms with van der Waals surface area (Å²) in [6.45, 7) is 0. The summed E-state index contributed by atoms with van der Waals surface area (Å²) in [5.41, 5.74) is 0. The summed E-state index contributed by atoms with van der Waals surface area (Å²) in [5.74, 6) is 0. The summed E-state index contributed by atoms with van der Waals surface area (Å²) in [7, 11) is -5.17. The second-order valence-corrected chi connectivity index (χ2v) is 1.22. The van der Waals surface area contributed by atoms with E-state index in [0.29, 0.717) is 0 Å². The van der Waals surface area contributed by atoms with Gasteiger partial charge in [0, 0.05) is 10.4 Å². The number of hydrogen-bond donors (Lipinski definition) is 0. The molecule has 0 amide bonds.